The minimum absolute atomic E-state index is 0.258. The van der Waals surface area contributed by atoms with Crippen molar-refractivity contribution in [1.29, 1.82) is 0 Å². The van der Waals surface area contributed by atoms with Gasteiger partial charge in [0.25, 0.3) is 5.91 Å². The Kier molecular flexibility index (Phi) is 6.39. The van der Waals surface area contributed by atoms with E-state index < -0.39 is 17.9 Å². The summed E-state index contributed by atoms with van der Waals surface area (Å²) in [5.41, 5.74) is 0.258. The largest absolute Gasteiger partial charge is 0.490 e. The van der Waals surface area contributed by atoms with Crippen LogP contribution in [0.3, 0.4) is 0 Å². The number of rotatable bonds is 8. The smallest absolute Gasteiger partial charge is 0.326 e. The molecule has 0 aliphatic rings. The van der Waals surface area contributed by atoms with E-state index in [4.69, 9.17) is 14.6 Å². The Labute approximate surface area is 146 Å². The molecule has 1 atom stereocenters. The standard InChI is InChI=1S/C19H21NO5/c1-3-14(19(22)23)20-18(21)13-9-5-6-10-15(13)25-17-12-8-7-11-16(17)24-4-2/h5-12,14H,3-4H2,1-2H3,(H,20,21)(H,22,23). The number of hydrogen-bond donors (Lipinski definition) is 2. The number of nitrogens with one attached hydrogen (secondary N) is 1. The van der Waals surface area contributed by atoms with Crippen LogP contribution in [0.5, 0.6) is 17.2 Å². The first-order chi connectivity index (χ1) is 12.1. The number of para-hydroxylation sites is 3. The average molecular weight is 343 g/mol. The van der Waals surface area contributed by atoms with Crippen molar-refractivity contribution in [3.63, 3.8) is 0 Å². The Morgan fingerprint density at radius 2 is 1.60 bits per heavy atom. The van der Waals surface area contributed by atoms with Crippen LogP contribution < -0.4 is 14.8 Å². The zero-order chi connectivity index (χ0) is 18.2. The van der Waals surface area contributed by atoms with Crippen LogP contribution >= 0.6 is 0 Å². The maximum atomic E-state index is 12.5. The Morgan fingerprint density at radius 1 is 1.00 bits per heavy atom. The molecule has 6 nitrogen and oxygen atoms in total. The van der Waals surface area contributed by atoms with E-state index in [2.05, 4.69) is 5.32 Å². The Hall–Kier alpha value is -3.02. The lowest BCUT2D eigenvalue weighted by molar-refractivity contribution is -0.139. The quantitative estimate of drug-likeness (QED) is 0.766. The van der Waals surface area contributed by atoms with Gasteiger partial charge in [-0.2, -0.15) is 0 Å². The van der Waals surface area contributed by atoms with Crippen LogP contribution in [-0.2, 0) is 4.79 Å². The number of carboxylic acid groups (broad SMARTS) is 1. The molecule has 0 aliphatic carbocycles. The van der Waals surface area contributed by atoms with Gasteiger partial charge in [0.2, 0.25) is 0 Å². The molecule has 0 aromatic heterocycles. The summed E-state index contributed by atoms with van der Waals surface area (Å²) < 4.78 is 11.4. The molecule has 0 fully saturated rings. The molecule has 0 aliphatic heterocycles. The second kappa shape index (κ2) is 8.73. The number of amides is 1. The highest BCUT2D eigenvalue weighted by Gasteiger charge is 2.21. The number of hydrogen-bond acceptors (Lipinski definition) is 4. The van der Waals surface area contributed by atoms with Crippen LogP contribution in [0.25, 0.3) is 0 Å². The van der Waals surface area contributed by atoms with Gasteiger partial charge in [0.1, 0.15) is 11.8 Å². The number of carbonyl (C=O) groups excluding carboxylic acids is 1. The Balaban J connectivity index is 2.26. The predicted octanol–water partition coefficient (Wildman–Crippen LogP) is 3.47. The van der Waals surface area contributed by atoms with Gasteiger partial charge in [-0.25, -0.2) is 4.79 Å². The van der Waals surface area contributed by atoms with Crippen LogP contribution in [0.15, 0.2) is 48.5 Å². The topological polar surface area (TPSA) is 84.9 Å². The third-order valence-corrected chi connectivity index (χ3v) is 3.51. The third-order valence-electron chi connectivity index (χ3n) is 3.51. The molecular formula is C19H21NO5. The fourth-order valence-corrected chi connectivity index (χ4v) is 2.25. The van der Waals surface area contributed by atoms with Crippen LogP contribution in [0.1, 0.15) is 30.6 Å². The lowest BCUT2D eigenvalue weighted by atomic mass is 10.1. The molecule has 2 aromatic carbocycles. The minimum Gasteiger partial charge on any atom is -0.490 e. The summed E-state index contributed by atoms with van der Waals surface area (Å²) in [5, 5.41) is 11.6. The van der Waals surface area contributed by atoms with Crippen molar-refractivity contribution in [3.8, 4) is 17.2 Å². The van der Waals surface area contributed by atoms with Crippen molar-refractivity contribution in [2.45, 2.75) is 26.3 Å². The van der Waals surface area contributed by atoms with E-state index in [9.17, 15) is 9.59 Å². The molecule has 132 valence electrons. The molecule has 0 bridgehead atoms. The number of carboxylic acids is 1. The molecule has 25 heavy (non-hydrogen) atoms. The molecule has 2 aromatic rings. The van der Waals surface area contributed by atoms with Gasteiger partial charge >= 0.3 is 5.97 Å². The maximum Gasteiger partial charge on any atom is 0.326 e. The summed E-state index contributed by atoms with van der Waals surface area (Å²) in [4.78, 5) is 23.6. The van der Waals surface area contributed by atoms with Gasteiger partial charge in [0, 0.05) is 0 Å². The summed E-state index contributed by atoms with van der Waals surface area (Å²) in [6.45, 7) is 4.05. The van der Waals surface area contributed by atoms with Gasteiger partial charge in [-0.15, -0.1) is 0 Å². The van der Waals surface area contributed by atoms with E-state index >= 15 is 0 Å². The summed E-state index contributed by atoms with van der Waals surface area (Å²) in [6.07, 6.45) is 0.289. The highest BCUT2D eigenvalue weighted by atomic mass is 16.5. The second-order valence-electron chi connectivity index (χ2n) is 5.25. The normalized spacial score (nSPS) is 11.4. The summed E-state index contributed by atoms with van der Waals surface area (Å²) in [5.74, 6) is -0.200. The molecule has 6 heteroatoms. The van der Waals surface area contributed by atoms with Gasteiger partial charge in [-0.1, -0.05) is 31.2 Å². The van der Waals surface area contributed by atoms with E-state index in [0.29, 0.717) is 23.9 Å². The minimum atomic E-state index is -1.07. The highest BCUT2D eigenvalue weighted by Crippen LogP contribution is 2.32. The van der Waals surface area contributed by atoms with Crippen LogP contribution in [0.2, 0.25) is 0 Å². The van der Waals surface area contributed by atoms with Gasteiger partial charge in [0.15, 0.2) is 11.5 Å². The van der Waals surface area contributed by atoms with Crippen LogP contribution in [0.4, 0.5) is 0 Å². The number of benzene rings is 2. The highest BCUT2D eigenvalue weighted by molar-refractivity contribution is 5.99. The molecule has 0 saturated heterocycles. The summed E-state index contributed by atoms with van der Waals surface area (Å²) in [6, 6.07) is 12.9. The van der Waals surface area contributed by atoms with Gasteiger partial charge < -0.3 is 19.9 Å². The monoisotopic (exact) mass is 343 g/mol. The fourth-order valence-electron chi connectivity index (χ4n) is 2.25. The fraction of sp³-hybridized carbons (Fsp3) is 0.263. The number of ether oxygens (including phenoxy) is 2. The van der Waals surface area contributed by atoms with E-state index in [0.717, 1.165) is 0 Å². The maximum absolute atomic E-state index is 12.5. The van der Waals surface area contributed by atoms with E-state index in [1.807, 2.05) is 13.0 Å². The average Bonchev–Trinajstić information content (AvgIpc) is 2.61. The second-order valence-corrected chi connectivity index (χ2v) is 5.25. The zero-order valence-corrected chi connectivity index (χ0v) is 14.2. The van der Waals surface area contributed by atoms with Crippen molar-refractivity contribution in [3.05, 3.63) is 54.1 Å². The van der Waals surface area contributed by atoms with Gasteiger partial charge in [-0.05, 0) is 37.6 Å². The van der Waals surface area contributed by atoms with Crippen molar-refractivity contribution in [2.24, 2.45) is 0 Å². The summed E-state index contributed by atoms with van der Waals surface area (Å²) >= 11 is 0. The molecule has 2 N–H and O–H groups in total. The molecular weight excluding hydrogens is 322 g/mol. The Morgan fingerprint density at radius 3 is 2.20 bits per heavy atom. The lowest BCUT2D eigenvalue weighted by Crippen LogP contribution is -2.40. The van der Waals surface area contributed by atoms with E-state index in [-0.39, 0.29) is 12.0 Å². The van der Waals surface area contributed by atoms with Crippen molar-refractivity contribution >= 4 is 11.9 Å². The molecule has 1 amide bonds. The predicted molar refractivity (Wildman–Crippen MR) is 93.3 cm³/mol. The van der Waals surface area contributed by atoms with Gasteiger partial charge in [0.05, 0.1) is 12.2 Å². The SMILES string of the molecule is CCOc1ccccc1Oc1ccccc1C(=O)NC(CC)C(=O)O. The number of carbonyl (C=O) groups is 2. The van der Waals surface area contributed by atoms with Gasteiger partial charge in [-0.3, -0.25) is 4.79 Å². The molecule has 2 rings (SSSR count). The third kappa shape index (κ3) is 4.73. The van der Waals surface area contributed by atoms with Crippen LogP contribution in [0, 0.1) is 0 Å². The zero-order valence-electron chi connectivity index (χ0n) is 14.2. The van der Waals surface area contributed by atoms with Crippen LogP contribution in [-0.4, -0.2) is 29.6 Å². The van der Waals surface area contributed by atoms with E-state index in [1.54, 1.807) is 49.4 Å². The van der Waals surface area contributed by atoms with Crippen molar-refractivity contribution in [2.75, 3.05) is 6.61 Å². The first kappa shape index (κ1) is 18.3. The van der Waals surface area contributed by atoms with Crippen molar-refractivity contribution in [1.82, 2.24) is 5.32 Å². The molecule has 1 unspecified atom stereocenters. The first-order valence-corrected chi connectivity index (χ1v) is 8.09. The number of aliphatic carboxylic acids is 1. The first-order valence-electron chi connectivity index (χ1n) is 8.09. The summed E-state index contributed by atoms with van der Waals surface area (Å²) in [7, 11) is 0. The lowest BCUT2D eigenvalue weighted by Gasteiger charge is -2.16. The van der Waals surface area contributed by atoms with E-state index in [1.165, 1.54) is 0 Å². The molecule has 0 spiro atoms. The molecule has 0 heterocycles. The molecule has 0 saturated carbocycles. The Bertz CT molecular complexity index is 744. The van der Waals surface area contributed by atoms with Crippen molar-refractivity contribution < 1.29 is 24.2 Å². The molecule has 0 radical (unpaired) electrons.